The van der Waals surface area contributed by atoms with Crippen molar-refractivity contribution in [2.45, 2.75) is 24.7 Å². The van der Waals surface area contributed by atoms with Crippen LogP contribution < -0.4 is 4.90 Å². The van der Waals surface area contributed by atoms with Gasteiger partial charge in [-0.2, -0.15) is 4.31 Å². The van der Waals surface area contributed by atoms with E-state index in [9.17, 15) is 18.5 Å². The number of benzene rings is 1. The number of morpholine rings is 1. The molecule has 8 nitrogen and oxygen atoms in total. The highest BCUT2D eigenvalue weighted by molar-refractivity contribution is 7.89. The van der Waals surface area contributed by atoms with E-state index in [0.29, 0.717) is 24.8 Å². The highest BCUT2D eigenvalue weighted by Crippen LogP contribution is 2.34. The summed E-state index contributed by atoms with van der Waals surface area (Å²) in [4.78, 5) is 12.6. The van der Waals surface area contributed by atoms with Gasteiger partial charge in [0.15, 0.2) is 0 Å². The van der Waals surface area contributed by atoms with Crippen LogP contribution in [0.3, 0.4) is 0 Å². The van der Waals surface area contributed by atoms with Crippen LogP contribution in [0, 0.1) is 16.0 Å². The lowest BCUT2D eigenvalue weighted by molar-refractivity contribution is -0.385. The summed E-state index contributed by atoms with van der Waals surface area (Å²) < 4.78 is 32.8. The maximum atomic E-state index is 13.1. The second-order valence-corrected chi connectivity index (χ2v) is 8.50. The van der Waals surface area contributed by atoms with Crippen molar-refractivity contribution >= 4 is 21.4 Å². The molecule has 2 heterocycles. The topological polar surface area (TPSA) is 93.0 Å². The van der Waals surface area contributed by atoms with Gasteiger partial charge >= 0.3 is 0 Å². The van der Waals surface area contributed by atoms with Crippen molar-refractivity contribution in [3.63, 3.8) is 0 Å². The SMILES string of the molecule is CC1CCN(c2ccc([N+](=O)[O-])cc2S(=O)(=O)N2CCOCC2)CC1. The third kappa shape index (κ3) is 3.78. The van der Waals surface area contributed by atoms with E-state index in [2.05, 4.69) is 6.92 Å². The van der Waals surface area contributed by atoms with Gasteiger partial charge in [-0.3, -0.25) is 10.1 Å². The Kier molecular flexibility index (Phi) is 5.26. The van der Waals surface area contributed by atoms with Gasteiger partial charge in [0.1, 0.15) is 4.90 Å². The smallest absolute Gasteiger partial charge is 0.270 e. The Bertz CT molecular complexity index is 738. The maximum Gasteiger partial charge on any atom is 0.270 e. The number of nitro groups is 1. The second-order valence-electron chi connectivity index (χ2n) is 6.60. The molecule has 0 radical (unpaired) electrons. The van der Waals surface area contributed by atoms with Crippen LogP contribution >= 0.6 is 0 Å². The van der Waals surface area contributed by atoms with E-state index in [0.717, 1.165) is 25.9 Å². The Morgan fingerprint density at radius 3 is 2.40 bits per heavy atom. The van der Waals surface area contributed by atoms with E-state index >= 15 is 0 Å². The molecular formula is C16H23N3O5S. The number of anilines is 1. The first-order chi connectivity index (χ1) is 11.9. The maximum absolute atomic E-state index is 13.1. The lowest BCUT2D eigenvalue weighted by atomic mass is 9.99. The van der Waals surface area contributed by atoms with E-state index in [4.69, 9.17) is 4.74 Å². The third-order valence-electron chi connectivity index (χ3n) is 4.87. The molecule has 2 fully saturated rings. The molecule has 9 heteroatoms. The van der Waals surface area contributed by atoms with Crippen molar-refractivity contribution in [2.24, 2.45) is 5.92 Å². The van der Waals surface area contributed by atoms with Gasteiger partial charge in [-0.1, -0.05) is 6.92 Å². The summed E-state index contributed by atoms with van der Waals surface area (Å²) in [6, 6.07) is 4.14. The average Bonchev–Trinajstić information content (AvgIpc) is 2.62. The van der Waals surface area contributed by atoms with Crippen LogP contribution in [0.1, 0.15) is 19.8 Å². The molecule has 0 aromatic heterocycles. The number of rotatable bonds is 4. The molecule has 0 aliphatic carbocycles. The van der Waals surface area contributed by atoms with Crippen molar-refractivity contribution in [3.05, 3.63) is 28.3 Å². The van der Waals surface area contributed by atoms with Gasteiger partial charge in [-0.05, 0) is 24.8 Å². The minimum Gasteiger partial charge on any atom is -0.379 e. The minimum absolute atomic E-state index is 0.0261. The molecule has 1 aromatic carbocycles. The van der Waals surface area contributed by atoms with Gasteiger partial charge < -0.3 is 9.64 Å². The zero-order chi connectivity index (χ0) is 18.0. The zero-order valence-electron chi connectivity index (χ0n) is 14.3. The van der Waals surface area contributed by atoms with Gasteiger partial charge in [-0.25, -0.2) is 8.42 Å². The van der Waals surface area contributed by atoms with Gasteiger partial charge in [0.05, 0.1) is 23.8 Å². The Morgan fingerprint density at radius 1 is 1.16 bits per heavy atom. The van der Waals surface area contributed by atoms with Crippen molar-refractivity contribution in [3.8, 4) is 0 Å². The quantitative estimate of drug-likeness (QED) is 0.594. The molecule has 2 aliphatic heterocycles. The Morgan fingerprint density at radius 2 is 1.80 bits per heavy atom. The molecule has 2 aliphatic rings. The molecule has 0 atom stereocenters. The van der Waals surface area contributed by atoms with Crippen molar-refractivity contribution in [1.82, 2.24) is 4.31 Å². The fourth-order valence-corrected chi connectivity index (χ4v) is 4.90. The Balaban J connectivity index is 2.02. The summed E-state index contributed by atoms with van der Waals surface area (Å²) in [7, 11) is -3.80. The molecule has 0 unspecified atom stereocenters. The van der Waals surface area contributed by atoms with E-state index in [1.165, 1.54) is 16.4 Å². The number of nitrogens with zero attached hydrogens (tertiary/aromatic N) is 3. The van der Waals surface area contributed by atoms with Crippen LogP contribution in [0.5, 0.6) is 0 Å². The van der Waals surface area contributed by atoms with Gasteiger partial charge in [0.2, 0.25) is 10.0 Å². The van der Waals surface area contributed by atoms with Gasteiger partial charge in [0.25, 0.3) is 5.69 Å². The summed E-state index contributed by atoms with van der Waals surface area (Å²) >= 11 is 0. The standard InChI is InChI=1S/C16H23N3O5S/c1-13-4-6-17(7-5-13)15-3-2-14(19(20)21)12-16(15)25(22,23)18-8-10-24-11-9-18/h2-3,12-13H,4-11H2,1H3. The monoisotopic (exact) mass is 369 g/mol. The van der Waals surface area contributed by atoms with Crippen molar-refractivity contribution in [2.75, 3.05) is 44.3 Å². The summed E-state index contributed by atoms with van der Waals surface area (Å²) in [5.74, 6) is 0.605. The minimum atomic E-state index is -3.80. The summed E-state index contributed by atoms with van der Waals surface area (Å²) in [6.45, 7) is 4.90. The van der Waals surface area contributed by atoms with Crippen LogP contribution in [0.25, 0.3) is 0 Å². The highest BCUT2D eigenvalue weighted by atomic mass is 32.2. The lowest BCUT2D eigenvalue weighted by Crippen LogP contribution is -2.41. The van der Waals surface area contributed by atoms with Crippen molar-refractivity contribution in [1.29, 1.82) is 0 Å². The van der Waals surface area contributed by atoms with Gasteiger partial charge in [-0.15, -0.1) is 0 Å². The van der Waals surface area contributed by atoms with Crippen LogP contribution in [-0.2, 0) is 14.8 Å². The number of non-ortho nitro benzene ring substituents is 1. The summed E-state index contributed by atoms with van der Waals surface area (Å²) in [6.07, 6.45) is 1.96. The Labute approximate surface area is 147 Å². The second kappa shape index (κ2) is 7.27. The number of hydrogen-bond acceptors (Lipinski definition) is 6. The van der Waals surface area contributed by atoms with Crippen LogP contribution in [-0.4, -0.2) is 57.0 Å². The van der Waals surface area contributed by atoms with Crippen LogP contribution in [0.4, 0.5) is 11.4 Å². The third-order valence-corrected chi connectivity index (χ3v) is 6.79. The number of sulfonamides is 1. The first kappa shape index (κ1) is 18.1. The molecule has 1 aromatic rings. The fourth-order valence-electron chi connectivity index (χ4n) is 3.26. The molecule has 3 rings (SSSR count). The number of ether oxygens (including phenoxy) is 1. The van der Waals surface area contributed by atoms with Crippen molar-refractivity contribution < 1.29 is 18.1 Å². The van der Waals surface area contributed by atoms with Gasteiger partial charge in [0, 0.05) is 38.3 Å². The first-order valence-corrected chi connectivity index (χ1v) is 9.95. The molecule has 0 saturated carbocycles. The zero-order valence-corrected chi connectivity index (χ0v) is 15.1. The van der Waals surface area contributed by atoms with E-state index < -0.39 is 14.9 Å². The predicted octanol–water partition coefficient (Wildman–Crippen LogP) is 1.85. The average molecular weight is 369 g/mol. The summed E-state index contributed by atoms with van der Waals surface area (Å²) in [5.41, 5.74) is 0.352. The van der Waals surface area contributed by atoms with Crippen LogP contribution in [0.2, 0.25) is 0 Å². The molecule has 25 heavy (non-hydrogen) atoms. The summed E-state index contributed by atoms with van der Waals surface area (Å²) in [5, 5.41) is 11.2. The number of piperidine rings is 1. The van der Waals surface area contributed by atoms with Crippen LogP contribution in [0.15, 0.2) is 23.1 Å². The molecule has 138 valence electrons. The van der Waals surface area contributed by atoms with E-state index in [1.54, 1.807) is 6.07 Å². The molecular weight excluding hydrogens is 346 g/mol. The fraction of sp³-hybridized carbons (Fsp3) is 0.625. The number of nitro benzene ring substituents is 1. The predicted molar refractivity (Wildman–Crippen MR) is 93.3 cm³/mol. The van der Waals surface area contributed by atoms with E-state index in [-0.39, 0.29) is 23.7 Å². The Hall–Kier alpha value is -1.71. The molecule has 0 bridgehead atoms. The molecule has 0 N–H and O–H groups in total. The van der Waals surface area contributed by atoms with E-state index in [1.807, 2.05) is 4.90 Å². The molecule has 0 amide bonds. The lowest BCUT2D eigenvalue weighted by Gasteiger charge is -2.34. The normalized spacial score (nSPS) is 20.6. The number of hydrogen-bond donors (Lipinski definition) is 0. The highest BCUT2D eigenvalue weighted by Gasteiger charge is 2.32. The molecule has 2 saturated heterocycles. The largest absolute Gasteiger partial charge is 0.379 e. The first-order valence-electron chi connectivity index (χ1n) is 8.51. The molecule has 0 spiro atoms.